The lowest BCUT2D eigenvalue weighted by molar-refractivity contribution is 0.397. The van der Waals surface area contributed by atoms with Crippen molar-refractivity contribution in [1.29, 1.82) is 0 Å². The lowest BCUT2D eigenvalue weighted by Gasteiger charge is -2.01. The third-order valence-corrected chi connectivity index (χ3v) is 2.14. The molecule has 0 atom stereocenters. The molecule has 0 saturated heterocycles. The van der Waals surface area contributed by atoms with Gasteiger partial charge in [-0.15, -0.1) is 0 Å². The van der Waals surface area contributed by atoms with Crippen molar-refractivity contribution in [2.24, 2.45) is 5.10 Å². The second kappa shape index (κ2) is 5.62. The van der Waals surface area contributed by atoms with Crippen LogP contribution in [0, 0.1) is 0 Å². The zero-order chi connectivity index (χ0) is 12.8. The molecule has 0 aliphatic carbocycles. The quantitative estimate of drug-likeness (QED) is 0.631. The normalized spacial score (nSPS) is 10.5. The van der Waals surface area contributed by atoms with E-state index in [1.54, 1.807) is 36.5 Å². The number of hydrogen-bond acceptors (Lipinski definition) is 6. The lowest BCUT2D eigenvalue weighted by Crippen LogP contribution is -1.95. The summed E-state index contributed by atoms with van der Waals surface area (Å²) in [5, 5.41) is 13.1. The Bertz CT molecular complexity index is 540. The van der Waals surface area contributed by atoms with Gasteiger partial charge in [0.15, 0.2) is 5.82 Å². The number of anilines is 1. The Hall–Kier alpha value is -2.63. The van der Waals surface area contributed by atoms with Gasteiger partial charge in [0.25, 0.3) is 0 Å². The molecule has 0 radical (unpaired) electrons. The Balaban J connectivity index is 2.00. The second-order valence-electron chi connectivity index (χ2n) is 3.41. The number of hydrazone groups is 1. The maximum atomic E-state index is 9.13. The van der Waals surface area contributed by atoms with Crippen molar-refractivity contribution in [3.63, 3.8) is 0 Å². The Labute approximate surface area is 104 Å². The molecule has 6 heteroatoms. The fourth-order valence-electron chi connectivity index (χ4n) is 1.25. The first-order chi connectivity index (χ1) is 8.78. The minimum absolute atomic E-state index is 0.223. The fourth-order valence-corrected chi connectivity index (χ4v) is 1.25. The molecule has 0 aliphatic rings. The van der Waals surface area contributed by atoms with Crippen molar-refractivity contribution < 1.29 is 9.84 Å². The predicted octanol–water partition coefficient (Wildman–Crippen LogP) is 1.64. The minimum atomic E-state index is 0.223. The molecule has 0 bridgehead atoms. The summed E-state index contributed by atoms with van der Waals surface area (Å²) in [5.74, 6) is 1.23. The van der Waals surface area contributed by atoms with E-state index >= 15 is 0 Å². The summed E-state index contributed by atoms with van der Waals surface area (Å²) in [6.07, 6.45) is 3.01. The van der Waals surface area contributed by atoms with Crippen molar-refractivity contribution in [1.82, 2.24) is 9.97 Å². The summed E-state index contributed by atoms with van der Waals surface area (Å²) in [5.41, 5.74) is 3.62. The summed E-state index contributed by atoms with van der Waals surface area (Å²) in [7, 11) is 1.53. The standard InChI is InChI=1S/C12H12N4O2/c1-18-12-6-11(13-8-14-12)16-15-7-9-2-4-10(17)5-3-9/h2-8,17H,1H3,(H,13,14,16). The molecule has 18 heavy (non-hydrogen) atoms. The van der Waals surface area contributed by atoms with Crippen LogP contribution in [0.4, 0.5) is 5.82 Å². The maximum Gasteiger partial charge on any atom is 0.218 e. The number of benzene rings is 1. The zero-order valence-corrected chi connectivity index (χ0v) is 9.74. The van der Waals surface area contributed by atoms with Gasteiger partial charge >= 0.3 is 0 Å². The van der Waals surface area contributed by atoms with Gasteiger partial charge in [0.1, 0.15) is 12.1 Å². The van der Waals surface area contributed by atoms with E-state index in [2.05, 4.69) is 20.5 Å². The van der Waals surface area contributed by atoms with Crippen LogP contribution in [0.25, 0.3) is 0 Å². The minimum Gasteiger partial charge on any atom is -0.508 e. The van der Waals surface area contributed by atoms with E-state index in [-0.39, 0.29) is 5.75 Å². The van der Waals surface area contributed by atoms with Gasteiger partial charge in [0, 0.05) is 6.07 Å². The summed E-state index contributed by atoms with van der Waals surface area (Å²) in [6, 6.07) is 8.32. The molecule has 6 nitrogen and oxygen atoms in total. The van der Waals surface area contributed by atoms with Gasteiger partial charge in [-0.25, -0.2) is 9.97 Å². The molecule has 1 heterocycles. The molecule has 0 amide bonds. The van der Waals surface area contributed by atoms with Crippen LogP contribution in [0.15, 0.2) is 41.8 Å². The van der Waals surface area contributed by atoms with Gasteiger partial charge in [0.05, 0.1) is 13.3 Å². The first kappa shape index (κ1) is 11.8. The average Bonchev–Trinajstić information content (AvgIpc) is 2.41. The maximum absolute atomic E-state index is 9.13. The number of phenolic OH excluding ortho intramolecular Hbond substituents is 1. The van der Waals surface area contributed by atoms with Crippen LogP contribution in [0.2, 0.25) is 0 Å². The van der Waals surface area contributed by atoms with Gasteiger partial charge in [-0.2, -0.15) is 5.10 Å². The SMILES string of the molecule is COc1cc(NN=Cc2ccc(O)cc2)ncn1. The van der Waals surface area contributed by atoms with E-state index in [1.807, 2.05) is 0 Å². The van der Waals surface area contributed by atoms with Crippen molar-refractivity contribution in [3.05, 3.63) is 42.2 Å². The monoisotopic (exact) mass is 244 g/mol. The summed E-state index contributed by atoms with van der Waals surface area (Å²) in [6.45, 7) is 0. The van der Waals surface area contributed by atoms with Crippen LogP contribution < -0.4 is 10.2 Å². The highest BCUT2D eigenvalue weighted by Crippen LogP contribution is 2.10. The molecule has 2 N–H and O–H groups in total. The summed E-state index contributed by atoms with van der Waals surface area (Å²) >= 11 is 0. The van der Waals surface area contributed by atoms with Crippen LogP contribution in [-0.2, 0) is 0 Å². The largest absolute Gasteiger partial charge is 0.508 e. The first-order valence-electron chi connectivity index (χ1n) is 5.22. The molecule has 0 aliphatic heterocycles. The van der Waals surface area contributed by atoms with E-state index in [4.69, 9.17) is 9.84 Å². The molecular formula is C12H12N4O2. The molecule has 2 rings (SSSR count). The highest BCUT2D eigenvalue weighted by Gasteiger charge is 1.95. The third-order valence-electron chi connectivity index (χ3n) is 2.14. The van der Waals surface area contributed by atoms with E-state index in [0.29, 0.717) is 11.7 Å². The Kier molecular flexibility index (Phi) is 3.70. The van der Waals surface area contributed by atoms with Crippen molar-refractivity contribution in [2.45, 2.75) is 0 Å². The first-order valence-corrected chi connectivity index (χ1v) is 5.22. The number of phenols is 1. The highest BCUT2D eigenvalue weighted by atomic mass is 16.5. The van der Waals surface area contributed by atoms with Gasteiger partial charge in [-0.1, -0.05) is 0 Å². The molecule has 0 spiro atoms. The number of nitrogens with zero attached hydrogens (tertiary/aromatic N) is 3. The van der Waals surface area contributed by atoms with Gasteiger partial charge in [-0.05, 0) is 29.8 Å². The van der Waals surface area contributed by atoms with E-state index < -0.39 is 0 Å². The number of rotatable bonds is 4. The van der Waals surface area contributed by atoms with Crippen molar-refractivity contribution in [2.75, 3.05) is 12.5 Å². The number of methoxy groups -OCH3 is 1. The molecule has 92 valence electrons. The van der Waals surface area contributed by atoms with Crippen LogP contribution in [-0.4, -0.2) is 28.4 Å². The number of aromatic nitrogens is 2. The van der Waals surface area contributed by atoms with Gasteiger partial charge < -0.3 is 9.84 Å². The average molecular weight is 244 g/mol. The third kappa shape index (κ3) is 3.18. The Morgan fingerprint density at radius 1 is 1.28 bits per heavy atom. The fraction of sp³-hybridized carbons (Fsp3) is 0.0833. The van der Waals surface area contributed by atoms with Crippen LogP contribution >= 0.6 is 0 Å². The van der Waals surface area contributed by atoms with Gasteiger partial charge in [0.2, 0.25) is 5.88 Å². The highest BCUT2D eigenvalue weighted by molar-refractivity contribution is 5.80. The second-order valence-corrected chi connectivity index (χ2v) is 3.41. The molecule has 1 aromatic heterocycles. The number of ether oxygens (including phenoxy) is 1. The van der Waals surface area contributed by atoms with Crippen molar-refractivity contribution in [3.8, 4) is 11.6 Å². The number of nitrogens with one attached hydrogen (secondary N) is 1. The van der Waals surface area contributed by atoms with E-state index in [1.165, 1.54) is 13.4 Å². The Morgan fingerprint density at radius 3 is 2.78 bits per heavy atom. The van der Waals surface area contributed by atoms with Crippen molar-refractivity contribution >= 4 is 12.0 Å². The van der Waals surface area contributed by atoms with Gasteiger partial charge in [-0.3, -0.25) is 5.43 Å². The molecule has 2 aromatic rings. The van der Waals surface area contributed by atoms with Crippen LogP contribution in [0.5, 0.6) is 11.6 Å². The summed E-state index contributed by atoms with van der Waals surface area (Å²) in [4.78, 5) is 7.86. The summed E-state index contributed by atoms with van der Waals surface area (Å²) < 4.78 is 4.96. The van der Waals surface area contributed by atoms with E-state index in [0.717, 1.165) is 5.56 Å². The molecule has 0 unspecified atom stereocenters. The number of hydrogen-bond donors (Lipinski definition) is 2. The molecule has 0 saturated carbocycles. The van der Waals surface area contributed by atoms with E-state index in [9.17, 15) is 0 Å². The smallest absolute Gasteiger partial charge is 0.218 e. The van der Waals surface area contributed by atoms with Crippen LogP contribution in [0.3, 0.4) is 0 Å². The predicted molar refractivity (Wildman–Crippen MR) is 67.9 cm³/mol. The zero-order valence-electron chi connectivity index (χ0n) is 9.74. The topological polar surface area (TPSA) is 79.6 Å². The Morgan fingerprint density at radius 2 is 2.06 bits per heavy atom. The number of aromatic hydroxyl groups is 1. The molecular weight excluding hydrogens is 232 g/mol. The molecule has 1 aromatic carbocycles. The molecule has 0 fully saturated rings. The van der Waals surface area contributed by atoms with Crippen LogP contribution in [0.1, 0.15) is 5.56 Å². The lowest BCUT2D eigenvalue weighted by atomic mass is 10.2.